The van der Waals surface area contributed by atoms with Gasteiger partial charge in [-0.25, -0.2) is 0 Å². The van der Waals surface area contributed by atoms with Crippen molar-refractivity contribution in [3.8, 4) is 11.3 Å². The zero-order valence-corrected chi connectivity index (χ0v) is 13.0. The highest BCUT2D eigenvalue weighted by atomic mass is 16.5. The third kappa shape index (κ3) is 4.37. The zero-order chi connectivity index (χ0) is 15.1. The smallest absolute Gasteiger partial charge is 0.117 e. The van der Waals surface area contributed by atoms with Crippen LogP contribution in [-0.2, 0) is 11.3 Å². The van der Waals surface area contributed by atoms with Crippen LogP contribution in [0.15, 0.2) is 30.3 Å². The minimum atomic E-state index is 0.310. The molecule has 0 radical (unpaired) electrons. The quantitative estimate of drug-likeness (QED) is 0.784. The molecule has 21 heavy (non-hydrogen) atoms. The minimum absolute atomic E-state index is 0.310. The lowest BCUT2D eigenvalue weighted by Gasteiger charge is -2.21. The Balaban J connectivity index is 2.02. The number of rotatable bonds is 8. The SMILES string of the molecule is CCOCC(NCc1n[nH]nc1-c1ccccc1)C(C)C. The Morgan fingerprint density at radius 1 is 1.19 bits per heavy atom. The number of hydrogen-bond acceptors (Lipinski definition) is 4. The molecule has 0 aliphatic rings. The molecule has 0 bridgehead atoms. The number of aromatic amines is 1. The highest BCUT2D eigenvalue weighted by Gasteiger charge is 2.15. The van der Waals surface area contributed by atoms with Crippen molar-refractivity contribution in [2.75, 3.05) is 13.2 Å². The van der Waals surface area contributed by atoms with E-state index in [9.17, 15) is 0 Å². The topological polar surface area (TPSA) is 62.8 Å². The van der Waals surface area contributed by atoms with E-state index in [1.54, 1.807) is 0 Å². The van der Waals surface area contributed by atoms with Gasteiger partial charge in [0.1, 0.15) is 11.4 Å². The molecular weight excluding hydrogens is 264 g/mol. The van der Waals surface area contributed by atoms with Crippen molar-refractivity contribution in [3.63, 3.8) is 0 Å². The molecule has 5 heteroatoms. The van der Waals surface area contributed by atoms with Crippen LogP contribution in [-0.4, -0.2) is 34.7 Å². The molecular formula is C16H24N4O. The summed E-state index contributed by atoms with van der Waals surface area (Å²) in [6.45, 7) is 8.53. The number of aromatic nitrogens is 3. The predicted octanol–water partition coefficient (Wildman–Crippen LogP) is 2.62. The van der Waals surface area contributed by atoms with Crippen molar-refractivity contribution in [1.82, 2.24) is 20.7 Å². The highest BCUT2D eigenvalue weighted by molar-refractivity contribution is 5.60. The van der Waals surface area contributed by atoms with Crippen molar-refractivity contribution in [2.24, 2.45) is 5.92 Å². The Hall–Kier alpha value is -1.72. The van der Waals surface area contributed by atoms with E-state index in [0.717, 1.165) is 23.6 Å². The van der Waals surface area contributed by atoms with Crippen LogP contribution in [0.5, 0.6) is 0 Å². The highest BCUT2D eigenvalue weighted by Crippen LogP contribution is 2.19. The third-order valence-corrected chi connectivity index (χ3v) is 3.51. The maximum atomic E-state index is 5.54. The molecule has 0 saturated carbocycles. The Labute approximate surface area is 126 Å². The second kappa shape index (κ2) is 7.90. The number of nitrogens with one attached hydrogen (secondary N) is 2. The largest absolute Gasteiger partial charge is 0.380 e. The monoisotopic (exact) mass is 288 g/mol. The van der Waals surface area contributed by atoms with Gasteiger partial charge in [0.2, 0.25) is 0 Å². The molecule has 0 aliphatic heterocycles. The average Bonchev–Trinajstić information content (AvgIpc) is 2.96. The molecule has 0 amide bonds. The first-order chi connectivity index (χ1) is 10.2. The number of hydrogen-bond donors (Lipinski definition) is 2. The summed E-state index contributed by atoms with van der Waals surface area (Å²) in [6, 6.07) is 10.4. The average molecular weight is 288 g/mol. The zero-order valence-electron chi connectivity index (χ0n) is 13.0. The van der Waals surface area contributed by atoms with Crippen LogP contribution in [0.25, 0.3) is 11.3 Å². The van der Waals surface area contributed by atoms with Gasteiger partial charge in [-0.2, -0.15) is 15.4 Å². The van der Waals surface area contributed by atoms with Crippen LogP contribution in [0, 0.1) is 5.92 Å². The maximum absolute atomic E-state index is 5.54. The molecule has 1 aromatic heterocycles. The first-order valence-electron chi connectivity index (χ1n) is 7.48. The van der Waals surface area contributed by atoms with Crippen molar-refractivity contribution in [1.29, 1.82) is 0 Å². The molecule has 1 atom stereocenters. The van der Waals surface area contributed by atoms with Crippen LogP contribution >= 0.6 is 0 Å². The lowest BCUT2D eigenvalue weighted by molar-refractivity contribution is 0.107. The van der Waals surface area contributed by atoms with Gasteiger partial charge in [0.25, 0.3) is 0 Å². The van der Waals surface area contributed by atoms with Gasteiger partial charge in [-0.15, -0.1) is 0 Å². The molecule has 2 aromatic rings. The fourth-order valence-corrected chi connectivity index (χ4v) is 2.16. The van der Waals surface area contributed by atoms with Gasteiger partial charge in [-0.05, 0) is 12.8 Å². The lowest BCUT2D eigenvalue weighted by atomic mass is 10.0. The number of benzene rings is 1. The Morgan fingerprint density at radius 3 is 2.62 bits per heavy atom. The van der Waals surface area contributed by atoms with Gasteiger partial charge in [0.05, 0.1) is 6.61 Å². The van der Waals surface area contributed by atoms with E-state index in [-0.39, 0.29) is 0 Å². The van der Waals surface area contributed by atoms with Gasteiger partial charge in [0, 0.05) is 24.8 Å². The minimum Gasteiger partial charge on any atom is -0.380 e. The third-order valence-electron chi connectivity index (χ3n) is 3.51. The molecule has 1 heterocycles. The maximum Gasteiger partial charge on any atom is 0.117 e. The summed E-state index contributed by atoms with van der Waals surface area (Å²) in [6.07, 6.45) is 0. The fraction of sp³-hybridized carbons (Fsp3) is 0.500. The van der Waals surface area contributed by atoms with Crippen molar-refractivity contribution in [3.05, 3.63) is 36.0 Å². The van der Waals surface area contributed by atoms with E-state index >= 15 is 0 Å². The molecule has 0 spiro atoms. The molecule has 0 fully saturated rings. The summed E-state index contributed by atoms with van der Waals surface area (Å²) in [5.74, 6) is 0.503. The summed E-state index contributed by atoms with van der Waals surface area (Å²) in [5, 5.41) is 14.8. The molecule has 2 rings (SSSR count). The van der Waals surface area contributed by atoms with E-state index in [4.69, 9.17) is 4.74 Å². The van der Waals surface area contributed by atoms with E-state index in [0.29, 0.717) is 25.1 Å². The van der Waals surface area contributed by atoms with Gasteiger partial charge in [0.15, 0.2) is 0 Å². The predicted molar refractivity (Wildman–Crippen MR) is 83.8 cm³/mol. The van der Waals surface area contributed by atoms with E-state index in [1.165, 1.54) is 0 Å². The molecule has 5 nitrogen and oxygen atoms in total. The normalized spacial score (nSPS) is 12.8. The number of nitrogens with zero attached hydrogens (tertiary/aromatic N) is 2. The summed E-state index contributed by atoms with van der Waals surface area (Å²) >= 11 is 0. The first-order valence-corrected chi connectivity index (χ1v) is 7.48. The Kier molecular flexibility index (Phi) is 5.90. The summed E-state index contributed by atoms with van der Waals surface area (Å²) in [5.41, 5.74) is 2.92. The van der Waals surface area contributed by atoms with Crippen LogP contribution in [0.4, 0.5) is 0 Å². The van der Waals surface area contributed by atoms with Gasteiger partial charge >= 0.3 is 0 Å². The second-order valence-electron chi connectivity index (χ2n) is 5.38. The van der Waals surface area contributed by atoms with Crippen LogP contribution in [0.3, 0.4) is 0 Å². The van der Waals surface area contributed by atoms with E-state index < -0.39 is 0 Å². The number of H-pyrrole nitrogens is 1. The van der Waals surface area contributed by atoms with E-state index in [2.05, 4.69) is 34.6 Å². The van der Waals surface area contributed by atoms with Crippen LogP contribution < -0.4 is 5.32 Å². The standard InChI is InChI=1S/C16H24N4O/c1-4-21-11-15(12(2)3)17-10-14-16(19-20-18-14)13-8-6-5-7-9-13/h5-9,12,15,17H,4,10-11H2,1-3H3,(H,18,19,20). The Bertz CT molecular complexity index is 524. The second-order valence-corrected chi connectivity index (χ2v) is 5.38. The molecule has 1 aromatic carbocycles. The fourth-order valence-electron chi connectivity index (χ4n) is 2.16. The molecule has 1 unspecified atom stereocenters. The van der Waals surface area contributed by atoms with Crippen molar-refractivity contribution in [2.45, 2.75) is 33.4 Å². The molecule has 114 valence electrons. The molecule has 0 aliphatic carbocycles. The van der Waals surface area contributed by atoms with Gasteiger partial charge in [-0.1, -0.05) is 44.2 Å². The van der Waals surface area contributed by atoms with E-state index in [1.807, 2.05) is 37.3 Å². The van der Waals surface area contributed by atoms with Crippen LogP contribution in [0.1, 0.15) is 26.5 Å². The summed E-state index contributed by atoms with van der Waals surface area (Å²) in [4.78, 5) is 0. The van der Waals surface area contributed by atoms with Crippen molar-refractivity contribution < 1.29 is 4.74 Å². The number of ether oxygens (including phenoxy) is 1. The van der Waals surface area contributed by atoms with Gasteiger partial charge in [-0.3, -0.25) is 0 Å². The lowest BCUT2D eigenvalue weighted by Crippen LogP contribution is -2.37. The molecule has 0 saturated heterocycles. The van der Waals surface area contributed by atoms with Gasteiger partial charge < -0.3 is 10.1 Å². The van der Waals surface area contributed by atoms with Crippen molar-refractivity contribution >= 4 is 0 Å². The Morgan fingerprint density at radius 2 is 1.95 bits per heavy atom. The summed E-state index contributed by atoms with van der Waals surface area (Å²) < 4.78 is 5.54. The van der Waals surface area contributed by atoms with Crippen LogP contribution in [0.2, 0.25) is 0 Å². The first kappa shape index (κ1) is 15.7. The molecule has 2 N–H and O–H groups in total. The summed E-state index contributed by atoms with van der Waals surface area (Å²) in [7, 11) is 0.